The van der Waals surface area contributed by atoms with E-state index >= 15 is 0 Å². The number of hydrogen-bond donors (Lipinski definition) is 1. The van der Waals surface area contributed by atoms with Crippen LogP contribution >= 0.6 is 22.9 Å². The van der Waals surface area contributed by atoms with Gasteiger partial charge in [0.1, 0.15) is 0 Å². The number of carbonyl (C=O) groups is 2. The topological polar surface area (TPSA) is 97.3 Å². The van der Waals surface area contributed by atoms with E-state index in [1.165, 1.54) is 11.3 Å². The highest BCUT2D eigenvalue weighted by Gasteiger charge is 2.27. The Balaban J connectivity index is 1.35. The van der Waals surface area contributed by atoms with E-state index in [4.69, 9.17) is 16.3 Å². The van der Waals surface area contributed by atoms with Crippen LogP contribution in [0.1, 0.15) is 25.5 Å². The Hall–Kier alpha value is -3.04. The first-order valence-corrected chi connectivity index (χ1v) is 12.0. The minimum Gasteiger partial charge on any atom is -0.466 e. The fourth-order valence-corrected chi connectivity index (χ4v) is 4.52. The van der Waals surface area contributed by atoms with E-state index in [1.807, 2.05) is 36.4 Å². The predicted molar refractivity (Wildman–Crippen MR) is 128 cm³/mol. The number of rotatable bonds is 7. The number of esters is 1. The Morgan fingerprint density at radius 1 is 1.21 bits per heavy atom. The Labute approximate surface area is 201 Å². The molecule has 33 heavy (non-hydrogen) atoms. The summed E-state index contributed by atoms with van der Waals surface area (Å²) < 4.78 is 4.94. The Kier molecular flexibility index (Phi) is 7.51. The summed E-state index contributed by atoms with van der Waals surface area (Å²) in [6.07, 6.45) is 1.77. The van der Waals surface area contributed by atoms with Crippen molar-refractivity contribution in [1.82, 2.24) is 15.2 Å². The summed E-state index contributed by atoms with van der Waals surface area (Å²) in [5, 5.41) is 14.5. The van der Waals surface area contributed by atoms with Crippen LogP contribution in [-0.4, -0.2) is 46.8 Å². The summed E-state index contributed by atoms with van der Waals surface area (Å²) in [4.78, 5) is 30.9. The molecular formula is C23H24ClN5O3S. The number of anilines is 2. The number of carbonyl (C=O) groups excluding carboxylic acids is 2. The van der Waals surface area contributed by atoms with E-state index in [0.29, 0.717) is 29.0 Å². The van der Waals surface area contributed by atoms with E-state index in [-0.39, 0.29) is 24.2 Å². The van der Waals surface area contributed by atoms with Gasteiger partial charge in [-0.1, -0.05) is 23.7 Å². The van der Waals surface area contributed by atoms with Gasteiger partial charge in [-0.25, -0.2) is 4.98 Å². The molecule has 8 nitrogen and oxygen atoms in total. The molecule has 1 aliphatic rings. The smallest absolute Gasteiger partial charge is 0.311 e. The lowest BCUT2D eigenvalue weighted by molar-refractivity contribution is -0.142. The highest BCUT2D eigenvalue weighted by atomic mass is 35.5. The van der Waals surface area contributed by atoms with E-state index < -0.39 is 0 Å². The minimum atomic E-state index is -0.327. The lowest BCUT2D eigenvalue weighted by Gasteiger charge is -2.32. The minimum absolute atomic E-state index is 0.0810. The first kappa shape index (κ1) is 23.1. The normalized spacial score (nSPS) is 15.8. The van der Waals surface area contributed by atoms with Crippen LogP contribution in [0.5, 0.6) is 0 Å². The number of piperidine rings is 1. The van der Waals surface area contributed by atoms with Crippen LogP contribution in [0.3, 0.4) is 0 Å². The van der Waals surface area contributed by atoms with Crippen LogP contribution in [0.4, 0.5) is 10.9 Å². The first-order chi connectivity index (χ1) is 16.0. The van der Waals surface area contributed by atoms with Crippen molar-refractivity contribution >= 4 is 45.8 Å². The number of ether oxygens (including phenoxy) is 1. The van der Waals surface area contributed by atoms with Gasteiger partial charge in [-0.2, -0.15) is 0 Å². The van der Waals surface area contributed by atoms with Crippen molar-refractivity contribution < 1.29 is 14.3 Å². The van der Waals surface area contributed by atoms with Gasteiger partial charge >= 0.3 is 5.97 Å². The predicted octanol–water partition coefficient (Wildman–Crippen LogP) is 4.21. The molecule has 3 aromatic rings. The molecule has 10 heteroatoms. The largest absolute Gasteiger partial charge is 0.466 e. The highest BCUT2D eigenvalue weighted by Crippen LogP contribution is 2.25. The summed E-state index contributed by atoms with van der Waals surface area (Å²) in [7, 11) is 0. The molecule has 1 amide bonds. The molecule has 2 aromatic heterocycles. The maximum absolute atomic E-state index is 12.8. The second-order valence-corrected chi connectivity index (χ2v) is 8.98. The molecule has 1 unspecified atom stereocenters. The van der Waals surface area contributed by atoms with Crippen molar-refractivity contribution in [3.05, 3.63) is 52.5 Å². The van der Waals surface area contributed by atoms with E-state index in [1.54, 1.807) is 12.3 Å². The molecule has 0 saturated carbocycles. The van der Waals surface area contributed by atoms with Gasteiger partial charge in [0.05, 0.1) is 30.3 Å². The maximum atomic E-state index is 12.8. The van der Waals surface area contributed by atoms with E-state index in [0.717, 1.165) is 36.5 Å². The number of benzene rings is 1. The van der Waals surface area contributed by atoms with Gasteiger partial charge in [-0.05, 0) is 44.0 Å². The molecule has 0 spiro atoms. The molecular weight excluding hydrogens is 462 g/mol. The van der Waals surface area contributed by atoms with Crippen molar-refractivity contribution in [3.8, 4) is 11.3 Å². The molecule has 1 aliphatic heterocycles. The molecule has 0 aliphatic carbocycles. The molecule has 0 radical (unpaired) electrons. The molecule has 1 atom stereocenters. The molecule has 1 N–H and O–H groups in total. The van der Waals surface area contributed by atoms with Gasteiger partial charge in [0.15, 0.2) is 10.9 Å². The van der Waals surface area contributed by atoms with Crippen LogP contribution in [0.25, 0.3) is 11.3 Å². The average Bonchev–Trinajstić information content (AvgIpc) is 3.26. The fraction of sp³-hybridized carbons (Fsp3) is 0.348. The number of aromatic nitrogens is 3. The summed E-state index contributed by atoms with van der Waals surface area (Å²) in [6, 6.07) is 11.3. The van der Waals surface area contributed by atoms with Crippen molar-refractivity contribution in [1.29, 1.82) is 0 Å². The van der Waals surface area contributed by atoms with Gasteiger partial charge in [0.25, 0.3) is 0 Å². The van der Waals surface area contributed by atoms with Crippen LogP contribution in [0.15, 0.2) is 41.8 Å². The number of nitrogens with zero attached hydrogens (tertiary/aromatic N) is 4. The number of nitrogens with one attached hydrogen (secondary N) is 1. The maximum Gasteiger partial charge on any atom is 0.311 e. The SMILES string of the molecule is CCOC(=O)Cc1csc(NC(=O)C2CCCN(c3ccc(-c4ccc(Cl)cc4)nn3)C2)n1. The number of thiazole rings is 1. The van der Waals surface area contributed by atoms with Gasteiger partial charge in [0, 0.05) is 29.1 Å². The summed E-state index contributed by atoms with van der Waals surface area (Å²) >= 11 is 7.26. The third kappa shape index (κ3) is 6.06. The number of amides is 1. The summed E-state index contributed by atoms with van der Waals surface area (Å²) in [5.74, 6) is 0.152. The van der Waals surface area contributed by atoms with E-state index in [2.05, 4.69) is 25.4 Å². The van der Waals surface area contributed by atoms with Crippen molar-refractivity contribution in [2.75, 3.05) is 29.9 Å². The Bertz CT molecular complexity index is 1100. The summed E-state index contributed by atoms with van der Waals surface area (Å²) in [6.45, 7) is 3.47. The summed E-state index contributed by atoms with van der Waals surface area (Å²) in [5.41, 5.74) is 2.30. The molecule has 3 heterocycles. The van der Waals surface area contributed by atoms with Crippen LogP contribution in [-0.2, 0) is 20.7 Å². The lowest BCUT2D eigenvalue weighted by atomic mass is 9.97. The third-order valence-corrected chi connectivity index (χ3v) is 6.38. The van der Waals surface area contributed by atoms with Crippen molar-refractivity contribution in [2.45, 2.75) is 26.2 Å². The molecule has 1 aromatic carbocycles. The zero-order chi connectivity index (χ0) is 23.2. The van der Waals surface area contributed by atoms with Crippen molar-refractivity contribution in [2.24, 2.45) is 5.92 Å². The monoisotopic (exact) mass is 485 g/mol. The first-order valence-electron chi connectivity index (χ1n) is 10.8. The van der Waals surface area contributed by atoms with Crippen molar-refractivity contribution in [3.63, 3.8) is 0 Å². The second kappa shape index (κ2) is 10.7. The van der Waals surface area contributed by atoms with Crippen LogP contribution in [0.2, 0.25) is 5.02 Å². The molecule has 4 rings (SSSR count). The van der Waals surface area contributed by atoms with Gasteiger partial charge in [-0.15, -0.1) is 21.5 Å². The quantitative estimate of drug-likeness (QED) is 0.500. The highest BCUT2D eigenvalue weighted by molar-refractivity contribution is 7.13. The van der Waals surface area contributed by atoms with Gasteiger partial charge < -0.3 is 15.0 Å². The molecule has 1 saturated heterocycles. The fourth-order valence-electron chi connectivity index (χ4n) is 3.68. The van der Waals surface area contributed by atoms with Crippen LogP contribution < -0.4 is 10.2 Å². The number of halogens is 1. The molecule has 0 bridgehead atoms. The third-order valence-electron chi connectivity index (χ3n) is 5.32. The molecule has 172 valence electrons. The number of hydrogen-bond acceptors (Lipinski definition) is 8. The van der Waals surface area contributed by atoms with Gasteiger partial charge in [-0.3, -0.25) is 9.59 Å². The average molecular weight is 486 g/mol. The Morgan fingerprint density at radius 2 is 2.03 bits per heavy atom. The standard InChI is InChI=1S/C23H24ClN5O3S/c1-2-32-21(30)12-18-14-33-23(25-18)26-22(31)16-4-3-11-29(13-16)20-10-9-19(27-28-20)15-5-7-17(24)8-6-15/h5-10,14,16H,2-4,11-13H2,1H3,(H,25,26,31). The van der Waals surface area contributed by atoms with Crippen LogP contribution in [0, 0.1) is 5.92 Å². The molecule has 1 fully saturated rings. The Morgan fingerprint density at radius 3 is 2.76 bits per heavy atom. The van der Waals surface area contributed by atoms with Gasteiger partial charge in [0.2, 0.25) is 5.91 Å². The lowest BCUT2D eigenvalue weighted by Crippen LogP contribution is -2.41. The van der Waals surface area contributed by atoms with E-state index in [9.17, 15) is 9.59 Å². The second-order valence-electron chi connectivity index (χ2n) is 7.68. The zero-order valence-corrected chi connectivity index (χ0v) is 19.7. The zero-order valence-electron chi connectivity index (χ0n) is 18.2.